The van der Waals surface area contributed by atoms with Gasteiger partial charge in [-0.3, -0.25) is 0 Å². The SMILES string of the molecule is CCOC(=O)NNS(=O)(=O)c1ccc(CC(C)C)cc1. The molecule has 1 aromatic rings. The van der Waals surface area contributed by atoms with Gasteiger partial charge in [-0.05, 0) is 37.0 Å². The number of hydrazine groups is 1. The highest BCUT2D eigenvalue weighted by Gasteiger charge is 2.15. The number of amides is 1. The van der Waals surface area contributed by atoms with Crippen LogP contribution >= 0.6 is 0 Å². The van der Waals surface area contributed by atoms with Crippen LogP contribution in [0, 0.1) is 5.92 Å². The average Bonchev–Trinajstić information content (AvgIpc) is 2.37. The number of carbonyl (C=O) groups excluding carboxylic acids is 1. The lowest BCUT2D eigenvalue weighted by atomic mass is 10.0. The molecule has 0 aliphatic carbocycles. The monoisotopic (exact) mass is 300 g/mol. The quantitative estimate of drug-likeness (QED) is 0.785. The van der Waals surface area contributed by atoms with E-state index in [1.807, 2.05) is 10.3 Å². The molecule has 0 saturated heterocycles. The normalized spacial score (nSPS) is 11.4. The molecule has 0 aliphatic rings. The summed E-state index contributed by atoms with van der Waals surface area (Å²) in [6, 6.07) is 6.54. The van der Waals surface area contributed by atoms with E-state index in [0.717, 1.165) is 12.0 Å². The maximum atomic E-state index is 11.9. The van der Waals surface area contributed by atoms with E-state index in [1.54, 1.807) is 19.1 Å². The fraction of sp³-hybridized carbons (Fsp3) is 0.462. The highest BCUT2D eigenvalue weighted by Crippen LogP contribution is 2.13. The maximum Gasteiger partial charge on any atom is 0.422 e. The Kier molecular flexibility index (Phi) is 5.97. The summed E-state index contributed by atoms with van der Waals surface area (Å²) in [4.78, 5) is 13.1. The molecule has 1 amide bonds. The minimum atomic E-state index is -3.78. The van der Waals surface area contributed by atoms with E-state index in [4.69, 9.17) is 0 Å². The molecular formula is C13H20N2O4S. The van der Waals surface area contributed by atoms with Crippen molar-refractivity contribution in [2.45, 2.75) is 32.1 Å². The van der Waals surface area contributed by atoms with Crippen LogP contribution in [0.25, 0.3) is 0 Å². The molecule has 1 rings (SSSR count). The Morgan fingerprint density at radius 2 is 1.85 bits per heavy atom. The average molecular weight is 300 g/mol. The van der Waals surface area contributed by atoms with Crippen molar-refractivity contribution in [2.24, 2.45) is 5.92 Å². The zero-order chi connectivity index (χ0) is 15.2. The first-order valence-electron chi connectivity index (χ1n) is 6.38. The second kappa shape index (κ2) is 7.25. The third kappa shape index (κ3) is 5.18. The molecule has 0 saturated carbocycles. The Morgan fingerprint density at radius 3 is 2.35 bits per heavy atom. The standard InChI is InChI=1S/C13H20N2O4S/c1-4-19-13(16)14-15-20(17,18)12-7-5-11(6-8-12)9-10(2)3/h5-8,10,15H,4,9H2,1-3H3,(H,14,16). The van der Waals surface area contributed by atoms with Gasteiger partial charge < -0.3 is 4.74 Å². The lowest BCUT2D eigenvalue weighted by Crippen LogP contribution is -2.41. The number of hydrogen-bond donors (Lipinski definition) is 2. The highest BCUT2D eigenvalue weighted by atomic mass is 32.2. The molecule has 0 unspecified atom stereocenters. The predicted octanol–water partition coefficient (Wildman–Crippen LogP) is 1.82. The number of carbonyl (C=O) groups is 1. The lowest BCUT2D eigenvalue weighted by molar-refractivity contribution is 0.150. The van der Waals surface area contributed by atoms with Gasteiger partial charge in [-0.1, -0.05) is 26.0 Å². The van der Waals surface area contributed by atoms with Gasteiger partial charge in [0, 0.05) is 0 Å². The van der Waals surface area contributed by atoms with Crippen molar-refractivity contribution in [1.29, 1.82) is 0 Å². The zero-order valence-corrected chi connectivity index (χ0v) is 12.7. The van der Waals surface area contributed by atoms with Gasteiger partial charge in [0.2, 0.25) is 0 Å². The first kappa shape index (κ1) is 16.5. The van der Waals surface area contributed by atoms with E-state index in [1.165, 1.54) is 12.1 Å². The molecule has 0 atom stereocenters. The Hall–Kier alpha value is -1.60. The van der Waals surface area contributed by atoms with Crippen LogP contribution in [0.2, 0.25) is 0 Å². The van der Waals surface area contributed by atoms with E-state index >= 15 is 0 Å². The van der Waals surface area contributed by atoms with E-state index in [-0.39, 0.29) is 11.5 Å². The van der Waals surface area contributed by atoms with Gasteiger partial charge in [0.15, 0.2) is 0 Å². The van der Waals surface area contributed by atoms with Crippen LogP contribution in [0.4, 0.5) is 4.79 Å². The van der Waals surface area contributed by atoms with Crippen LogP contribution < -0.4 is 10.3 Å². The van der Waals surface area contributed by atoms with Gasteiger partial charge in [0.05, 0.1) is 11.5 Å². The summed E-state index contributed by atoms with van der Waals surface area (Å²) in [6.07, 6.45) is 0.0435. The topological polar surface area (TPSA) is 84.5 Å². The summed E-state index contributed by atoms with van der Waals surface area (Å²) in [7, 11) is -3.78. The van der Waals surface area contributed by atoms with Gasteiger partial charge in [-0.25, -0.2) is 18.6 Å². The molecule has 7 heteroatoms. The van der Waals surface area contributed by atoms with Crippen molar-refractivity contribution in [1.82, 2.24) is 10.3 Å². The lowest BCUT2D eigenvalue weighted by Gasteiger charge is -2.09. The summed E-state index contributed by atoms with van der Waals surface area (Å²) in [5, 5.41) is 0. The number of rotatable bonds is 6. The Labute approximate surface area is 119 Å². The molecular weight excluding hydrogens is 280 g/mol. The Bertz CT molecular complexity index is 538. The van der Waals surface area contributed by atoms with Crippen molar-refractivity contribution in [3.63, 3.8) is 0 Å². The molecule has 6 nitrogen and oxygen atoms in total. The smallest absolute Gasteiger partial charge is 0.422 e. The molecule has 0 spiro atoms. The first-order chi connectivity index (χ1) is 9.35. The molecule has 0 aromatic heterocycles. The van der Waals surface area contributed by atoms with Gasteiger partial charge in [0.25, 0.3) is 10.0 Å². The van der Waals surface area contributed by atoms with Gasteiger partial charge >= 0.3 is 6.09 Å². The number of benzene rings is 1. The van der Waals surface area contributed by atoms with E-state index in [9.17, 15) is 13.2 Å². The molecule has 112 valence electrons. The second-order valence-electron chi connectivity index (χ2n) is 4.69. The number of nitrogens with one attached hydrogen (secondary N) is 2. The summed E-state index contributed by atoms with van der Waals surface area (Å²) < 4.78 is 28.3. The van der Waals surface area contributed by atoms with Crippen LogP contribution in [0.3, 0.4) is 0 Å². The zero-order valence-electron chi connectivity index (χ0n) is 11.8. The van der Waals surface area contributed by atoms with Crippen LogP contribution in [-0.2, 0) is 21.2 Å². The first-order valence-corrected chi connectivity index (χ1v) is 7.87. The van der Waals surface area contributed by atoms with E-state index in [2.05, 4.69) is 18.6 Å². The van der Waals surface area contributed by atoms with Gasteiger partial charge in [0.1, 0.15) is 0 Å². The van der Waals surface area contributed by atoms with Gasteiger partial charge in [-0.15, -0.1) is 4.83 Å². The van der Waals surface area contributed by atoms with Crippen LogP contribution in [0.5, 0.6) is 0 Å². The summed E-state index contributed by atoms with van der Waals surface area (Å²) >= 11 is 0. The third-order valence-electron chi connectivity index (χ3n) is 2.44. The third-order valence-corrected chi connectivity index (χ3v) is 3.70. The predicted molar refractivity (Wildman–Crippen MR) is 75.5 cm³/mol. The fourth-order valence-corrected chi connectivity index (χ4v) is 2.44. The molecule has 2 N–H and O–H groups in total. The summed E-state index contributed by atoms with van der Waals surface area (Å²) in [5.41, 5.74) is 3.04. The molecule has 0 radical (unpaired) electrons. The second-order valence-corrected chi connectivity index (χ2v) is 6.38. The van der Waals surface area contributed by atoms with Crippen molar-refractivity contribution < 1.29 is 17.9 Å². The highest BCUT2D eigenvalue weighted by molar-refractivity contribution is 7.89. The number of hydrogen-bond acceptors (Lipinski definition) is 4. The minimum absolute atomic E-state index is 0.0850. The molecule has 0 aliphatic heterocycles. The Balaban J connectivity index is 2.70. The van der Waals surface area contributed by atoms with Crippen molar-refractivity contribution >= 4 is 16.1 Å². The number of ether oxygens (including phenoxy) is 1. The molecule has 0 bridgehead atoms. The largest absolute Gasteiger partial charge is 0.449 e. The van der Waals surface area contributed by atoms with E-state index in [0.29, 0.717) is 5.92 Å². The molecule has 0 fully saturated rings. The summed E-state index contributed by atoms with van der Waals surface area (Å²) in [6.45, 7) is 5.98. The molecule has 20 heavy (non-hydrogen) atoms. The number of sulfonamides is 1. The van der Waals surface area contributed by atoms with Crippen molar-refractivity contribution in [3.05, 3.63) is 29.8 Å². The van der Waals surface area contributed by atoms with E-state index < -0.39 is 16.1 Å². The van der Waals surface area contributed by atoms with Crippen molar-refractivity contribution in [3.8, 4) is 0 Å². The van der Waals surface area contributed by atoms with Crippen LogP contribution in [0.15, 0.2) is 29.2 Å². The van der Waals surface area contributed by atoms with Gasteiger partial charge in [-0.2, -0.15) is 0 Å². The minimum Gasteiger partial charge on any atom is -0.449 e. The van der Waals surface area contributed by atoms with Crippen molar-refractivity contribution in [2.75, 3.05) is 6.61 Å². The maximum absolute atomic E-state index is 11.9. The Morgan fingerprint density at radius 1 is 1.25 bits per heavy atom. The van der Waals surface area contributed by atoms with Crippen LogP contribution in [-0.4, -0.2) is 21.1 Å². The fourth-order valence-electron chi connectivity index (χ4n) is 1.61. The molecule has 0 heterocycles. The van der Waals surface area contributed by atoms with Crippen LogP contribution in [0.1, 0.15) is 26.3 Å². The molecule has 1 aromatic carbocycles. The summed E-state index contributed by atoms with van der Waals surface area (Å²) in [5.74, 6) is 0.501.